The van der Waals surface area contributed by atoms with Crippen LogP contribution in [0.25, 0.3) is 21.3 Å². The number of carbonyl (C=O) groups is 2. The second-order valence-corrected chi connectivity index (χ2v) is 5.41. The predicted molar refractivity (Wildman–Crippen MR) is 77.0 cm³/mol. The third-order valence-corrected chi connectivity index (χ3v) is 4.44. The zero-order chi connectivity index (χ0) is 13.9. The van der Waals surface area contributed by atoms with Gasteiger partial charge in [0.1, 0.15) is 0 Å². The second-order valence-electron chi connectivity index (χ2n) is 4.63. The summed E-state index contributed by atoms with van der Waals surface area (Å²) in [6.07, 6.45) is 0. The molecule has 0 spiro atoms. The molecule has 0 atom stereocenters. The highest BCUT2D eigenvalue weighted by Gasteiger charge is 2.28. The van der Waals surface area contributed by atoms with Crippen molar-refractivity contribution in [2.24, 2.45) is 5.73 Å². The number of amides is 1. The number of carbonyl (C=O) groups excluding carboxylic acids is 2. The standard InChI is InChI=1S/C15H8N2O2S/c16-15(19)10-6-5-9-11-12(17-20-14(10)11)7-3-1-2-4-8(7)13(9)18/h1-6H,(H2,16,19). The molecule has 0 radical (unpaired) electrons. The van der Waals surface area contributed by atoms with Crippen LogP contribution in [-0.2, 0) is 0 Å². The van der Waals surface area contributed by atoms with E-state index in [0.717, 1.165) is 16.6 Å². The van der Waals surface area contributed by atoms with Crippen LogP contribution in [0.2, 0.25) is 0 Å². The lowest BCUT2D eigenvalue weighted by Gasteiger charge is -2.15. The molecule has 1 heterocycles. The quantitative estimate of drug-likeness (QED) is 0.582. The lowest BCUT2D eigenvalue weighted by atomic mass is 9.87. The molecule has 1 amide bonds. The normalized spacial score (nSPS) is 12.5. The highest BCUT2D eigenvalue weighted by molar-refractivity contribution is 7.14. The summed E-state index contributed by atoms with van der Waals surface area (Å²) in [4.78, 5) is 24.0. The summed E-state index contributed by atoms with van der Waals surface area (Å²) < 4.78 is 5.11. The predicted octanol–water partition coefficient (Wildman–Crippen LogP) is 2.61. The molecule has 2 N–H and O–H groups in total. The van der Waals surface area contributed by atoms with Gasteiger partial charge in [0.25, 0.3) is 0 Å². The number of ketones is 1. The van der Waals surface area contributed by atoms with Gasteiger partial charge in [-0.05, 0) is 23.7 Å². The summed E-state index contributed by atoms with van der Waals surface area (Å²) in [5.74, 6) is -0.535. The average molecular weight is 280 g/mol. The van der Waals surface area contributed by atoms with Gasteiger partial charge >= 0.3 is 0 Å². The van der Waals surface area contributed by atoms with Gasteiger partial charge in [0.15, 0.2) is 5.78 Å². The topological polar surface area (TPSA) is 73.1 Å². The zero-order valence-electron chi connectivity index (χ0n) is 10.2. The Morgan fingerprint density at radius 1 is 1.05 bits per heavy atom. The van der Waals surface area contributed by atoms with Crippen LogP contribution < -0.4 is 5.73 Å². The number of primary amides is 1. The molecule has 0 bridgehead atoms. The maximum atomic E-state index is 12.5. The van der Waals surface area contributed by atoms with Gasteiger partial charge in [-0.15, -0.1) is 0 Å². The van der Waals surface area contributed by atoms with Crippen LogP contribution >= 0.6 is 11.5 Å². The summed E-state index contributed by atoms with van der Waals surface area (Å²) >= 11 is 1.21. The Balaban J connectivity index is 2.20. The fourth-order valence-corrected chi connectivity index (χ4v) is 3.59. The van der Waals surface area contributed by atoms with E-state index in [1.54, 1.807) is 18.2 Å². The van der Waals surface area contributed by atoms with Gasteiger partial charge in [0.2, 0.25) is 5.91 Å². The summed E-state index contributed by atoms with van der Waals surface area (Å²) in [6, 6.07) is 10.7. The molecule has 20 heavy (non-hydrogen) atoms. The maximum Gasteiger partial charge on any atom is 0.250 e. The Labute approximate surface area is 118 Å². The van der Waals surface area contributed by atoms with Gasteiger partial charge in [-0.3, -0.25) is 9.59 Å². The molecule has 0 saturated heterocycles. The van der Waals surface area contributed by atoms with Crippen molar-refractivity contribution in [2.45, 2.75) is 0 Å². The number of benzene rings is 2. The first-order valence-corrected chi connectivity index (χ1v) is 6.82. The molecule has 5 heteroatoms. The molecule has 4 rings (SSSR count). The van der Waals surface area contributed by atoms with E-state index in [1.165, 1.54) is 11.5 Å². The van der Waals surface area contributed by atoms with E-state index in [4.69, 9.17) is 5.73 Å². The molecular formula is C15H8N2O2S. The average Bonchev–Trinajstić information content (AvgIpc) is 2.89. The smallest absolute Gasteiger partial charge is 0.250 e. The lowest BCUT2D eigenvalue weighted by molar-refractivity contribution is 0.0999. The molecule has 1 aliphatic carbocycles. The fraction of sp³-hybridized carbons (Fsp3) is 0. The SMILES string of the molecule is NC(=O)c1ccc2c3c(nsc13)-c1ccccc1C2=O. The van der Waals surface area contributed by atoms with Crippen LogP contribution in [0.4, 0.5) is 0 Å². The minimum absolute atomic E-state index is 0.0330. The summed E-state index contributed by atoms with van der Waals surface area (Å²) in [5, 5.41) is 0.745. The lowest BCUT2D eigenvalue weighted by Crippen LogP contribution is -2.13. The minimum atomic E-state index is -0.502. The van der Waals surface area contributed by atoms with Crippen molar-refractivity contribution in [1.29, 1.82) is 0 Å². The van der Waals surface area contributed by atoms with Crippen molar-refractivity contribution in [3.05, 3.63) is 53.1 Å². The van der Waals surface area contributed by atoms with E-state index < -0.39 is 5.91 Å². The molecule has 1 aliphatic rings. The fourth-order valence-electron chi connectivity index (χ4n) is 2.65. The number of nitrogens with two attached hydrogens (primary N) is 1. The van der Waals surface area contributed by atoms with Crippen molar-refractivity contribution < 1.29 is 9.59 Å². The number of aromatic nitrogens is 1. The van der Waals surface area contributed by atoms with Crippen molar-refractivity contribution in [2.75, 3.05) is 0 Å². The van der Waals surface area contributed by atoms with Gasteiger partial charge in [0.05, 0.1) is 16.0 Å². The molecule has 0 unspecified atom stereocenters. The van der Waals surface area contributed by atoms with Crippen LogP contribution in [0.3, 0.4) is 0 Å². The molecular weight excluding hydrogens is 272 g/mol. The van der Waals surface area contributed by atoms with Crippen molar-refractivity contribution in [3.63, 3.8) is 0 Å². The van der Waals surface area contributed by atoms with Crippen LogP contribution in [0.5, 0.6) is 0 Å². The first-order chi connectivity index (χ1) is 9.68. The highest BCUT2D eigenvalue weighted by atomic mass is 32.1. The van der Waals surface area contributed by atoms with Crippen molar-refractivity contribution in [1.82, 2.24) is 4.37 Å². The summed E-state index contributed by atoms with van der Waals surface area (Å²) in [5.41, 5.74) is 8.62. The van der Waals surface area contributed by atoms with E-state index >= 15 is 0 Å². The number of rotatable bonds is 1. The van der Waals surface area contributed by atoms with Gasteiger partial charge in [-0.25, -0.2) is 0 Å². The second kappa shape index (κ2) is 3.74. The van der Waals surface area contributed by atoms with Crippen LogP contribution in [0, 0.1) is 0 Å². The Kier molecular flexibility index (Phi) is 2.11. The van der Waals surface area contributed by atoms with Crippen LogP contribution in [0.1, 0.15) is 26.3 Å². The number of nitrogens with zero attached hydrogens (tertiary/aromatic N) is 1. The largest absolute Gasteiger partial charge is 0.366 e. The summed E-state index contributed by atoms with van der Waals surface area (Å²) in [7, 11) is 0. The van der Waals surface area contributed by atoms with Crippen molar-refractivity contribution >= 4 is 33.3 Å². The minimum Gasteiger partial charge on any atom is -0.366 e. The van der Waals surface area contributed by atoms with Crippen LogP contribution in [0.15, 0.2) is 36.4 Å². The first kappa shape index (κ1) is 11.3. The summed E-state index contributed by atoms with van der Waals surface area (Å²) in [6.45, 7) is 0. The molecule has 0 aliphatic heterocycles. The Morgan fingerprint density at radius 3 is 2.55 bits per heavy atom. The maximum absolute atomic E-state index is 12.5. The van der Waals surface area contributed by atoms with E-state index in [1.807, 2.05) is 18.2 Å². The molecule has 96 valence electrons. The number of fused-ring (bicyclic) bond motifs is 2. The Hall–Kier alpha value is -2.53. The van der Waals surface area contributed by atoms with Gasteiger partial charge in [-0.2, -0.15) is 4.37 Å². The first-order valence-electron chi connectivity index (χ1n) is 6.05. The van der Waals surface area contributed by atoms with Gasteiger partial charge in [0, 0.05) is 22.1 Å². The monoisotopic (exact) mass is 280 g/mol. The highest BCUT2D eigenvalue weighted by Crippen LogP contribution is 2.41. The third-order valence-electron chi connectivity index (χ3n) is 3.56. The molecule has 3 aromatic rings. The number of hydrogen-bond acceptors (Lipinski definition) is 4. The molecule has 4 nitrogen and oxygen atoms in total. The van der Waals surface area contributed by atoms with Crippen molar-refractivity contribution in [3.8, 4) is 11.3 Å². The number of hydrogen-bond donors (Lipinski definition) is 1. The third kappa shape index (κ3) is 1.27. The molecule has 0 fully saturated rings. The van der Waals surface area contributed by atoms with Gasteiger partial charge < -0.3 is 5.73 Å². The molecule has 2 aromatic carbocycles. The van der Waals surface area contributed by atoms with Crippen LogP contribution in [-0.4, -0.2) is 16.1 Å². The Bertz CT molecular complexity index is 911. The van der Waals surface area contributed by atoms with E-state index in [2.05, 4.69) is 4.37 Å². The van der Waals surface area contributed by atoms with E-state index in [0.29, 0.717) is 21.4 Å². The molecule has 1 aromatic heterocycles. The van der Waals surface area contributed by atoms with Gasteiger partial charge in [-0.1, -0.05) is 24.3 Å². The van der Waals surface area contributed by atoms with E-state index in [-0.39, 0.29) is 5.78 Å². The Morgan fingerprint density at radius 2 is 1.80 bits per heavy atom. The van der Waals surface area contributed by atoms with E-state index in [9.17, 15) is 9.59 Å². The zero-order valence-corrected chi connectivity index (χ0v) is 11.0. The molecule has 0 saturated carbocycles.